The van der Waals surface area contributed by atoms with Crippen LogP contribution in [0, 0.1) is 11.8 Å². The second-order valence-corrected chi connectivity index (χ2v) is 4.28. The van der Waals surface area contributed by atoms with Crippen LogP contribution in [-0.2, 0) is 4.74 Å². The van der Waals surface area contributed by atoms with Crippen molar-refractivity contribution in [2.24, 2.45) is 11.8 Å². The van der Waals surface area contributed by atoms with Crippen LogP contribution in [0.3, 0.4) is 0 Å². The van der Waals surface area contributed by atoms with Crippen LogP contribution < -0.4 is 0 Å². The molecule has 70 valence electrons. The van der Waals surface area contributed by atoms with Crippen molar-refractivity contribution in [1.29, 1.82) is 0 Å². The highest BCUT2D eigenvalue weighted by molar-refractivity contribution is 9.11. The number of hydrogen-bond donors (Lipinski definition) is 0. The molecule has 0 aliphatic carbocycles. The molecule has 0 saturated carbocycles. The molecule has 0 N–H and O–H groups in total. The standard InChI is InChI=1S/C10H17BrO/c1-8(2)10-7-9(3-5-11)4-6-12-10/h3,5,8-10H,4,6-7H2,1-2H3/b5-3+. The minimum atomic E-state index is 0.465. The monoisotopic (exact) mass is 232 g/mol. The Labute approximate surface area is 83.3 Å². The topological polar surface area (TPSA) is 9.23 Å². The zero-order valence-electron chi connectivity index (χ0n) is 7.79. The summed E-state index contributed by atoms with van der Waals surface area (Å²) in [6.07, 6.45) is 5.05. The zero-order chi connectivity index (χ0) is 8.97. The Morgan fingerprint density at radius 2 is 2.25 bits per heavy atom. The van der Waals surface area contributed by atoms with Crippen molar-refractivity contribution in [1.82, 2.24) is 0 Å². The number of halogens is 1. The van der Waals surface area contributed by atoms with Crippen molar-refractivity contribution in [3.8, 4) is 0 Å². The van der Waals surface area contributed by atoms with Gasteiger partial charge in [-0.2, -0.15) is 0 Å². The van der Waals surface area contributed by atoms with Crippen molar-refractivity contribution in [3.63, 3.8) is 0 Å². The first kappa shape index (κ1) is 10.3. The Kier molecular flexibility index (Phi) is 4.30. The molecule has 1 saturated heterocycles. The summed E-state index contributed by atoms with van der Waals surface area (Å²) >= 11 is 3.32. The predicted molar refractivity (Wildman–Crippen MR) is 55.4 cm³/mol. The fourth-order valence-corrected chi connectivity index (χ4v) is 2.03. The van der Waals surface area contributed by atoms with Crippen LogP contribution >= 0.6 is 15.9 Å². The molecule has 2 heteroatoms. The minimum Gasteiger partial charge on any atom is -0.378 e. The highest BCUT2D eigenvalue weighted by atomic mass is 79.9. The largest absolute Gasteiger partial charge is 0.378 e. The van der Waals surface area contributed by atoms with Crippen molar-refractivity contribution in [2.75, 3.05) is 6.61 Å². The van der Waals surface area contributed by atoms with Gasteiger partial charge in [0.25, 0.3) is 0 Å². The van der Waals surface area contributed by atoms with Crippen LogP contribution in [0.2, 0.25) is 0 Å². The zero-order valence-corrected chi connectivity index (χ0v) is 9.38. The van der Waals surface area contributed by atoms with Gasteiger partial charge in [0.15, 0.2) is 0 Å². The summed E-state index contributed by atoms with van der Waals surface area (Å²) in [6, 6.07) is 0. The molecule has 0 spiro atoms. The van der Waals surface area contributed by atoms with E-state index in [2.05, 4.69) is 35.9 Å². The summed E-state index contributed by atoms with van der Waals surface area (Å²) in [5.41, 5.74) is 0. The van der Waals surface area contributed by atoms with E-state index in [4.69, 9.17) is 4.74 Å². The number of ether oxygens (including phenoxy) is 1. The molecule has 2 atom stereocenters. The average Bonchev–Trinajstić information content (AvgIpc) is 2.05. The summed E-state index contributed by atoms with van der Waals surface area (Å²) < 4.78 is 5.67. The first-order valence-electron chi connectivity index (χ1n) is 4.62. The SMILES string of the molecule is CC(C)C1CC(/C=C/Br)CCO1. The lowest BCUT2D eigenvalue weighted by atomic mass is 9.90. The van der Waals surface area contributed by atoms with Crippen molar-refractivity contribution >= 4 is 15.9 Å². The van der Waals surface area contributed by atoms with Crippen LogP contribution in [-0.4, -0.2) is 12.7 Å². The molecule has 1 nitrogen and oxygen atoms in total. The van der Waals surface area contributed by atoms with Gasteiger partial charge < -0.3 is 4.74 Å². The van der Waals surface area contributed by atoms with Crippen molar-refractivity contribution in [3.05, 3.63) is 11.1 Å². The predicted octanol–water partition coefficient (Wildman–Crippen LogP) is 3.35. The van der Waals surface area contributed by atoms with Crippen molar-refractivity contribution in [2.45, 2.75) is 32.8 Å². The smallest absolute Gasteiger partial charge is 0.0603 e. The van der Waals surface area contributed by atoms with E-state index in [1.807, 2.05) is 4.99 Å². The van der Waals surface area contributed by atoms with E-state index in [1.54, 1.807) is 0 Å². The van der Waals surface area contributed by atoms with Gasteiger partial charge in [-0.1, -0.05) is 35.9 Å². The van der Waals surface area contributed by atoms with Crippen LogP contribution in [0.5, 0.6) is 0 Å². The molecule has 0 bridgehead atoms. The summed E-state index contributed by atoms with van der Waals surface area (Å²) in [5, 5.41) is 0. The average molecular weight is 233 g/mol. The third kappa shape index (κ3) is 2.91. The summed E-state index contributed by atoms with van der Waals surface area (Å²) in [6.45, 7) is 5.38. The van der Waals surface area contributed by atoms with Gasteiger partial charge in [-0.25, -0.2) is 0 Å². The van der Waals surface area contributed by atoms with Crippen LogP contribution in [0.4, 0.5) is 0 Å². The third-order valence-corrected chi connectivity index (χ3v) is 2.75. The molecular formula is C10H17BrO. The number of hydrogen-bond acceptors (Lipinski definition) is 1. The minimum absolute atomic E-state index is 0.465. The van der Waals surface area contributed by atoms with E-state index < -0.39 is 0 Å². The first-order chi connectivity index (χ1) is 5.74. The summed E-state index contributed by atoms with van der Waals surface area (Å²) in [7, 11) is 0. The Balaban J connectivity index is 2.40. The third-order valence-electron chi connectivity index (χ3n) is 2.44. The van der Waals surface area contributed by atoms with Gasteiger partial charge in [0, 0.05) is 6.61 Å². The van der Waals surface area contributed by atoms with Crippen LogP contribution in [0.15, 0.2) is 11.1 Å². The molecule has 0 aromatic heterocycles. The van der Waals surface area contributed by atoms with Gasteiger partial charge in [-0.3, -0.25) is 0 Å². The summed E-state index contributed by atoms with van der Waals surface area (Å²) in [4.78, 5) is 1.97. The Morgan fingerprint density at radius 3 is 2.83 bits per heavy atom. The molecule has 1 fully saturated rings. The maximum absolute atomic E-state index is 5.67. The molecular weight excluding hydrogens is 216 g/mol. The lowest BCUT2D eigenvalue weighted by molar-refractivity contribution is -0.0254. The molecule has 0 aromatic carbocycles. The Hall–Kier alpha value is 0.180. The molecule has 1 rings (SSSR count). The van der Waals surface area contributed by atoms with E-state index in [9.17, 15) is 0 Å². The molecule has 0 radical (unpaired) electrons. The van der Waals surface area contributed by atoms with E-state index >= 15 is 0 Å². The molecule has 1 aliphatic heterocycles. The Morgan fingerprint density at radius 1 is 1.50 bits per heavy atom. The lowest BCUT2D eigenvalue weighted by Crippen LogP contribution is -2.28. The number of rotatable bonds is 2. The molecule has 1 aliphatic rings. The molecule has 12 heavy (non-hydrogen) atoms. The first-order valence-corrected chi connectivity index (χ1v) is 5.54. The highest BCUT2D eigenvalue weighted by Crippen LogP contribution is 2.25. The van der Waals surface area contributed by atoms with Gasteiger partial charge in [0.2, 0.25) is 0 Å². The second-order valence-electron chi connectivity index (χ2n) is 3.76. The van der Waals surface area contributed by atoms with Gasteiger partial charge in [-0.05, 0) is 29.7 Å². The van der Waals surface area contributed by atoms with Gasteiger partial charge >= 0.3 is 0 Å². The highest BCUT2D eigenvalue weighted by Gasteiger charge is 2.22. The van der Waals surface area contributed by atoms with Gasteiger partial charge in [-0.15, -0.1) is 0 Å². The van der Waals surface area contributed by atoms with Crippen molar-refractivity contribution < 1.29 is 4.74 Å². The maximum Gasteiger partial charge on any atom is 0.0603 e. The van der Waals surface area contributed by atoms with E-state index in [0.29, 0.717) is 17.9 Å². The lowest BCUT2D eigenvalue weighted by Gasteiger charge is -2.30. The quantitative estimate of drug-likeness (QED) is 0.710. The van der Waals surface area contributed by atoms with Crippen LogP contribution in [0.25, 0.3) is 0 Å². The fraction of sp³-hybridized carbons (Fsp3) is 0.800. The molecule has 0 amide bonds. The van der Waals surface area contributed by atoms with E-state index in [1.165, 1.54) is 12.8 Å². The molecule has 1 heterocycles. The second kappa shape index (κ2) is 5.03. The van der Waals surface area contributed by atoms with E-state index in [-0.39, 0.29) is 0 Å². The normalized spacial score (nSPS) is 31.7. The summed E-state index contributed by atoms with van der Waals surface area (Å²) in [5.74, 6) is 1.36. The molecule has 0 aromatic rings. The fourth-order valence-electron chi connectivity index (χ4n) is 1.60. The van der Waals surface area contributed by atoms with Gasteiger partial charge in [0.1, 0.15) is 0 Å². The maximum atomic E-state index is 5.67. The van der Waals surface area contributed by atoms with Crippen LogP contribution in [0.1, 0.15) is 26.7 Å². The Bertz CT molecular complexity index is 154. The molecule has 2 unspecified atom stereocenters. The number of allylic oxidation sites excluding steroid dienone is 1. The van der Waals surface area contributed by atoms with Gasteiger partial charge in [0.05, 0.1) is 6.10 Å². The van der Waals surface area contributed by atoms with E-state index in [0.717, 1.165) is 6.61 Å².